The number of halogens is 2. The maximum absolute atomic E-state index is 9.92. The average Bonchev–Trinajstić information content (AvgIpc) is 2.80. The van der Waals surface area contributed by atoms with Crippen molar-refractivity contribution in [3.63, 3.8) is 0 Å². The molecule has 3 aromatic rings. The Morgan fingerprint density at radius 1 is 0.906 bits per heavy atom. The van der Waals surface area contributed by atoms with Gasteiger partial charge in [0.25, 0.3) is 0 Å². The standard InChI is InChI=1S/C24H23Cl2N5O/c1-2-27-23(28-15-17-9-5-3-6-10-17)31-24(29-16-18-11-7-4-8-12-18)30-21-14-19(32)13-20(25)22(21)26/h2-14,32H,15-16H2,1H3,(H2,28,29,30,31). The Morgan fingerprint density at radius 2 is 1.50 bits per heavy atom. The van der Waals surface area contributed by atoms with Gasteiger partial charge in [0, 0.05) is 18.3 Å². The first kappa shape index (κ1) is 23.3. The molecular formula is C24H23Cl2N5O. The average molecular weight is 468 g/mol. The molecule has 0 saturated carbocycles. The summed E-state index contributed by atoms with van der Waals surface area (Å²) in [5.41, 5.74) is 2.48. The van der Waals surface area contributed by atoms with Gasteiger partial charge < -0.3 is 10.4 Å². The topological polar surface area (TPSA) is 81.4 Å². The molecule has 0 aromatic heterocycles. The lowest BCUT2D eigenvalue weighted by Gasteiger charge is -2.14. The molecule has 164 valence electrons. The van der Waals surface area contributed by atoms with Crippen molar-refractivity contribution in [3.8, 4) is 5.75 Å². The lowest BCUT2D eigenvalue weighted by molar-refractivity contribution is 0.475. The number of nitrogens with one attached hydrogen (secondary N) is 2. The second kappa shape index (κ2) is 11.9. The molecule has 0 atom stereocenters. The van der Waals surface area contributed by atoms with Crippen LogP contribution in [0.1, 0.15) is 18.1 Å². The van der Waals surface area contributed by atoms with Crippen LogP contribution in [0, 0.1) is 0 Å². The van der Waals surface area contributed by atoms with Gasteiger partial charge >= 0.3 is 0 Å². The van der Waals surface area contributed by atoms with E-state index in [1.54, 1.807) is 13.1 Å². The van der Waals surface area contributed by atoms with Crippen molar-refractivity contribution in [2.24, 2.45) is 15.0 Å². The number of anilines is 1. The highest BCUT2D eigenvalue weighted by Gasteiger charge is 2.11. The van der Waals surface area contributed by atoms with E-state index in [2.05, 4.69) is 25.6 Å². The first-order valence-corrected chi connectivity index (χ1v) is 10.7. The summed E-state index contributed by atoms with van der Waals surface area (Å²) in [6.07, 6.45) is 1.64. The number of rotatable bonds is 5. The van der Waals surface area contributed by atoms with Crippen LogP contribution in [-0.4, -0.2) is 23.2 Å². The van der Waals surface area contributed by atoms with Crippen LogP contribution in [0.15, 0.2) is 87.8 Å². The van der Waals surface area contributed by atoms with Gasteiger partial charge in [-0.15, -0.1) is 0 Å². The van der Waals surface area contributed by atoms with Crippen LogP contribution in [0.5, 0.6) is 5.75 Å². The molecule has 0 aliphatic heterocycles. The lowest BCUT2D eigenvalue weighted by Crippen LogP contribution is -2.35. The monoisotopic (exact) mass is 467 g/mol. The number of hydrogen-bond acceptors (Lipinski definition) is 3. The van der Waals surface area contributed by atoms with Crippen LogP contribution in [-0.2, 0) is 13.1 Å². The molecule has 32 heavy (non-hydrogen) atoms. The Balaban J connectivity index is 1.88. The predicted octanol–water partition coefficient (Wildman–Crippen LogP) is 5.90. The zero-order valence-electron chi connectivity index (χ0n) is 17.5. The summed E-state index contributed by atoms with van der Waals surface area (Å²) in [6, 6.07) is 22.5. The van der Waals surface area contributed by atoms with Gasteiger partial charge in [-0.1, -0.05) is 83.9 Å². The molecule has 0 bridgehead atoms. The largest absolute Gasteiger partial charge is 0.508 e. The minimum atomic E-state index is -0.0196. The summed E-state index contributed by atoms with van der Waals surface area (Å²) in [5.74, 6) is 0.710. The molecule has 3 N–H and O–H groups in total. The quantitative estimate of drug-likeness (QED) is 0.322. The summed E-state index contributed by atoms with van der Waals surface area (Å²) < 4.78 is 0. The van der Waals surface area contributed by atoms with Crippen molar-refractivity contribution in [1.29, 1.82) is 0 Å². The second-order valence-corrected chi connectivity index (χ2v) is 7.49. The van der Waals surface area contributed by atoms with Crippen molar-refractivity contribution in [3.05, 3.63) is 94.0 Å². The first-order chi connectivity index (χ1) is 15.5. The Morgan fingerprint density at radius 3 is 2.09 bits per heavy atom. The third kappa shape index (κ3) is 7.11. The SMILES string of the molecule is CC=NC(=NCc1ccccc1)NC(=NCc1ccccc1)Nc1cc(O)cc(Cl)c1Cl. The summed E-state index contributed by atoms with van der Waals surface area (Å²) >= 11 is 12.4. The van der Waals surface area contributed by atoms with Crippen LogP contribution in [0.3, 0.4) is 0 Å². The van der Waals surface area contributed by atoms with Gasteiger partial charge in [-0.25, -0.2) is 15.0 Å². The van der Waals surface area contributed by atoms with Crippen LogP contribution in [0.2, 0.25) is 10.0 Å². The van der Waals surface area contributed by atoms with Gasteiger partial charge in [0.05, 0.1) is 28.8 Å². The molecular weight excluding hydrogens is 445 g/mol. The zero-order valence-corrected chi connectivity index (χ0v) is 19.0. The summed E-state index contributed by atoms with van der Waals surface area (Å²) in [6.45, 7) is 2.66. The van der Waals surface area contributed by atoms with Crippen LogP contribution in [0.25, 0.3) is 0 Å². The van der Waals surface area contributed by atoms with Crippen LogP contribution >= 0.6 is 23.2 Å². The number of guanidine groups is 2. The minimum Gasteiger partial charge on any atom is -0.508 e. The highest BCUT2D eigenvalue weighted by molar-refractivity contribution is 6.44. The van der Waals surface area contributed by atoms with Crippen molar-refractivity contribution in [1.82, 2.24) is 5.32 Å². The second-order valence-electron chi connectivity index (χ2n) is 6.70. The molecule has 0 saturated heterocycles. The van der Waals surface area contributed by atoms with E-state index in [0.717, 1.165) is 11.1 Å². The van der Waals surface area contributed by atoms with E-state index < -0.39 is 0 Å². The van der Waals surface area contributed by atoms with E-state index >= 15 is 0 Å². The molecule has 6 nitrogen and oxygen atoms in total. The fraction of sp³-hybridized carbons (Fsp3) is 0.125. The first-order valence-electron chi connectivity index (χ1n) is 9.92. The molecule has 0 heterocycles. The Hall–Kier alpha value is -3.35. The molecule has 0 fully saturated rings. The number of aromatic hydroxyl groups is 1. The smallest absolute Gasteiger partial charge is 0.224 e. The van der Waals surface area contributed by atoms with E-state index in [0.29, 0.717) is 30.7 Å². The third-order valence-electron chi connectivity index (χ3n) is 4.26. The molecule has 0 aliphatic carbocycles. The van der Waals surface area contributed by atoms with E-state index in [-0.39, 0.29) is 15.8 Å². The number of benzene rings is 3. The summed E-state index contributed by atoms with van der Waals surface area (Å²) in [7, 11) is 0. The molecule has 0 unspecified atom stereocenters. The molecule has 3 aromatic carbocycles. The highest BCUT2D eigenvalue weighted by atomic mass is 35.5. The number of hydrogen-bond donors (Lipinski definition) is 3. The van der Waals surface area contributed by atoms with Crippen LogP contribution in [0.4, 0.5) is 5.69 Å². The molecule has 8 heteroatoms. The van der Waals surface area contributed by atoms with E-state index in [4.69, 9.17) is 23.2 Å². The number of phenolic OH excluding ortho intramolecular Hbond substituents is 1. The fourth-order valence-corrected chi connectivity index (χ4v) is 3.12. The molecule has 0 radical (unpaired) electrons. The van der Waals surface area contributed by atoms with Crippen molar-refractivity contribution < 1.29 is 5.11 Å². The normalized spacial score (nSPS) is 12.2. The predicted molar refractivity (Wildman–Crippen MR) is 134 cm³/mol. The maximum Gasteiger partial charge on any atom is 0.224 e. The number of nitrogens with zero attached hydrogens (tertiary/aromatic N) is 3. The minimum absolute atomic E-state index is 0.0196. The van der Waals surface area contributed by atoms with Gasteiger partial charge in [0.1, 0.15) is 5.75 Å². The Bertz CT molecular complexity index is 1120. The Kier molecular flexibility index (Phi) is 8.66. The maximum atomic E-state index is 9.92. The van der Waals surface area contributed by atoms with Gasteiger partial charge in [0.2, 0.25) is 11.9 Å². The fourth-order valence-electron chi connectivity index (χ4n) is 2.75. The lowest BCUT2D eigenvalue weighted by atomic mass is 10.2. The van der Waals surface area contributed by atoms with Crippen molar-refractivity contribution >= 4 is 47.0 Å². The van der Waals surface area contributed by atoms with Crippen molar-refractivity contribution in [2.45, 2.75) is 20.0 Å². The zero-order chi connectivity index (χ0) is 22.8. The van der Waals surface area contributed by atoms with Gasteiger partial charge in [-0.05, 0) is 18.1 Å². The molecule has 0 aliphatic rings. The van der Waals surface area contributed by atoms with Crippen LogP contribution < -0.4 is 10.6 Å². The summed E-state index contributed by atoms with van der Waals surface area (Å²) in [4.78, 5) is 13.5. The molecule has 3 rings (SSSR count). The molecule has 0 spiro atoms. The third-order valence-corrected chi connectivity index (χ3v) is 5.07. The number of phenols is 1. The highest BCUT2D eigenvalue weighted by Crippen LogP contribution is 2.34. The number of aliphatic imine (C=N–C) groups is 3. The van der Waals surface area contributed by atoms with Gasteiger partial charge in [-0.2, -0.15) is 0 Å². The van der Waals surface area contributed by atoms with Gasteiger partial charge in [0.15, 0.2) is 0 Å². The van der Waals surface area contributed by atoms with Gasteiger partial charge in [-0.3, -0.25) is 5.32 Å². The Labute approximate surface area is 197 Å². The van der Waals surface area contributed by atoms with E-state index in [1.807, 2.05) is 60.7 Å². The summed E-state index contributed by atoms with van der Waals surface area (Å²) in [5, 5.41) is 16.6. The van der Waals surface area contributed by atoms with E-state index in [9.17, 15) is 5.11 Å². The van der Waals surface area contributed by atoms with Crippen molar-refractivity contribution in [2.75, 3.05) is 5.32 Å². The van der Waals surface area contributed by atoms with E-state index in [1.165, 1.54) is 12.1 Å². The molecule has 0 amide bonds.